The van der Waals surface area contributed by atoms with Crippen molar-refractivity contribution in [2.24, 2.45) is 5.73 Å². The molecule has 118 valence electrons. The fourth-order valence-electron chi connectivity index (χ4n) is 2.81. The first-order chi connectivity index (χ1) is 10.2. The van der Waals surface area contributed by atoms with Gasteiger partial charge in [-0.25, -0.2) is 0 Å². The maximum Gasteiger partial charge on any atom is 0.224 e. The monoisotopic (exact) mass is 321 g/mol. The number of likely N-dealkylation sites (tertiary alicyclic amines) is 1. The highest BCUT2D eigenvalue weighted by molar-refractivity contribution is 5.85. The number of rotatable bonds is 4. The third-order valence-corrected chi connectivity index (χ3v) is 3.97. The molecule has 2 atom stereocenters. The summed E-state index contributed by atoms with van der Waals surface area (Å²) in [6.45, 7) is 1.87. The molecule has 1 aliphatic heterocycles. The molecule has 0 radical (unpaired) electrons. The molecule has 0 spiro atoms. The number of hydrogen-bond donors (Lipinski definition) is 1. The van der Waals surface area contributed by atoms with Gasteiger partial charge in [0.1, 0.15) is 0 Å². The predicted octanol–water partition coefficient (Wildman–Crippen LogP) is 1.04. The molecule has 7 heteroatoms. The average Bonchev–Trinajstić information content (AvgIpc) is 3.15. The van der Waals surface area contributed by atoms with Crippen LogP contribution in [-0.4, -0.2) is 44.9 Å². The van der Waals surface area contributed by atoms with Crippen molar-refractivity contribution in [1.29, 1.82) is 0 Å². The zero-order valence-corrected chi connectivity index (χ0v) is 13.0. The van der Waals surface area contributed by atoms with Crippen LogP contribution in [0, 0.1) is 0 Å². The van der Waals surface area contributed by atoms with E-state index in [1.807, 2.05) is 23.1 Å². The van der Waals surface area contributed by atoms with Gasteiger partial charge in [-0.3, -0.25) is 9.48 Å². The van der Waals surface area contributed by atoms with Crippen molar-refractivity contribution in [1.82, 2.24) is 19.9 Å². The number of aromatic nitrogens is 3. The standard InChI is InChI=1S/C15H19N5O.ClH/c16-14-11-19(10-13(14)12-4-2-1-3-5-12)15(21)6-8-20-9-7-17-18-20;/h1-5,7,9,13-14H,6,8,10-11,16H2;1H/t13-,14+;/m0./s1. The van der Waals surface area contributed by atoms with E-state index in [-0.39, 0.29) is 30.3 Å². The van der Waals surface area contributed by atoms with E-state index >= 15 is 0 Å². The minimum atomic E-state index is 0. The molecule has 6 nitrogen and oxygen atoms in total. The van der Waals surface area contributed by atoms with Crippen LogP contribution in [0.25, 0.3) is 0 Å². The van der Waals surface area contributed by atoms with Crippen LogP contribution in [0.2, 0.25) is 0 Å². The largest absolute Gasteiger partial charge is 0.340 e. The second kappa shape index (κ2) is 7.38. The van der Waals surface area contributed by atoms with Gasteiger partial charge in [0.05, 0.1) is 12.7 Å². The summed E-state index contributed by atoms with van der Waals surface area (Å²) in [4.78, 5) is 14.1. The van der Waals surface area contributed by atoms with Gasteiger partial charge in [-0.15, -0.1) is 17.5 Å². The summed E-state index contributed by atoms with van der Waals surface area (Å²) in [6.07, 6.45) is 3.80. The van der Waals surface area contributed by atoms with Crippen LogP contribution in [-0.2, 0) is 11.3 Å². The molecule has 0 unspecified atom stereocenters. The van der Waals surface area contributed by atoms with Gasteiger partial charge in [0.25, 0.3) is 0 Å². The van der Waals surface area contributed by atoms with Gasteiger partial charge in [-0.05, 0) is 5.56 Å². The van der Waals surface area contributed by atoms with Crippen molar-refractivity contribution in [2.75, 3.05) is 13.1 Å². The van der Waals surface area contributed by atoms with Gasteiger partial charge >= 0.3 is 0 Å². The van der Waals surface area contributed by atoms with Crippen LogP contribution >= 0.6 is 12.4 Å². The summed E-state index contributed by atoms with van der Waals surface area (Å²) in [5.74, 6) is 0.348. The smallest absolute Gasteiger partial charge is 0.224 e. The van der Waals surface area contributed by atoms with E-state index in [4.69, 9.17) is 5.73 Å². The molecule has 1 saturated heterocycles. The van der Waals surface area contributed by atoms with Crippen molar-refractivity contribution >= 4 is 18.3 Å². The van der Waals surface area contributed by atoms with Crippen molar-refractivity contribution < 1.29 is 4.79 Å². The van der Waals surface area contributed by atoms with Crippen molar-refractivity contribution in [3.63, 3.8) is 0 Å². The Balaban J connectivity index is 0.00000176. The van der Waals surface area contributed by atoms with Crippen LogP contribution in [0.5, 0.6) is 0 Å². The minimum Gasteiger partial charge on any atom is -0.340 e. The maximum atomic E-state index is 12.3. The van der Waals surface area contributed by atoms with E-state index < -0.39 is 0 Å². The highest BCUT2D eigenvalue weighted by Gasteiger charge is 2.33. The van der Waals surface area contributed by atoms with E-state index in [1.165, 1.54) is 5.56 Å². The van der Waals surface area contributed by atoms with Crippen LogP contribution in [0.3, 0.4) is 0 Å². The molecule has 22 heavy (non-hydrogen) atoms. The normalized spacial score (nSPS) is 20.7. The number of nitrogens with two attached hydrogens (primary N) is 1. The Morgan fingerprint density at radius 3 is 2.73 bits per heavy atom. The van der Waals surface area contributed by atoms with Crippen molar-refractivity contribution in [3.05, 3.63) is 48.3 Å². The summed E-state index contributed by atoms with van der Waals surface area (Å²) in [5, 5.41) is 7.59. The molecular weight excluding hydrogens is 302 g/mol. The lowest BCUT2D eigenvalue weighted by Gasteiger charge is -2.16. The second-order valence-corrected chi connectivity index (χ2v) is 5.40. The highest BCUT2D eigenvalue weighted by Crippen LogP contribution is 2.26. The quantitative estimate of drug-likeness (QED) is 0.913. The van der Waals surface area contributed by atoms with Crippen LogP contribution in [0.15, 0.2) is 42.7 Å². The lowest BCUT2D eigenvalue weighted by atomic mass is 9.95. The third-order valence-electron chi connectivity index (χ3n) is 3.97. The molecule has 1 fully saturated rings. The Bertz CT molecular complexity index is 589. The zero-order valence-electron chi connectivity index (χ0n) is 12.2. The predicted molar refractivity (Wildman–Crippen MR) is 85.6 cm³/mol. The van der Waals surface area contributed by atoms with Gasteiger partial charge in [0, 0.05) is 37.7 Å². The van der Waals surface area contributed by atoms with Gasteiger partial charge < -0.3 is 10.6 Å². The minimum absolute atomic E-state index is 0. The first-order valence-corrected chi connectivity index (χ1v) is 7.16. The number of halogens is 1. The second-order valence-electron chi connectivity index (χ2n) is 5.40. The Morgan fingerprint density at radius 1 is 1.27 bits per heavy atom. The lowest BCUT2D eigenvalue weighted by molar-refractivity contribution is -0.130. The number of aryl methyl sites for hydroxylation is 1. The number of carbonyl (C=O) groups is 1. The first-order valence-electron chi connectivity index (χ1n) is 7.16. The topological polar surface area (TPSA) is 77.0 Å². The molecule has 2 aromatic rings. The molecule has 0 saturated carbocycles. The summed E-state index contributed by atoms with van der Waals surface area (Å²) in [6, 6.07) is 10.2. The van der Waals surface area contributed by atoms with E-state index in [1.54, 1.807) is 17.1 Å². The summed E-state index contributed by atoms with van der Waals surface area (Å²) >= 11 is 0. The molecule has 1 aromatic heterocycles. The molecule has 0 bridgehead atoms. The molecule has 2 N–H and O–H groups in total. The number of benzene rings is 1. The van der Waals surface area contributed by atoms with Crippen LogP contribution in [0.1, 0.15) is 17.9 Å². The average molecular weight is 322 g/mol. The third kappa shape index (κ3) is 3.64. The highest BCUT2D eigenvalue weighted by atomic mass is 35.5. The molecule has 0 aliphatic carbocycles. The number of carbonyl (C=O) groups excluding carboxylic acids is 1. The van der Waals surface area contributed by atoms with E-state index in [0.29, 0.717) is 26.1 Å². The maximum absolute atomic E-state index is 12.3. The van der Waals surface area contributed by atoms with E-state index in [2.05, 4.69) is 22.4 Å². The van der Waals surface area contributed by atoms with E-state index in [9.17, 15) is 4.79 Å². The SMILES string of the molecule is Cl.N[C@@H]1CN(C(=O)CCn2ccnn2)C[C@H]1c1ccccc1. The molecule has 1 amide bonds. The molecule has 1 aromatic carbocycles. The van der Waals surface area contributed by atoms with Gasteiger partial charge in [0.15, 0.2) is 0 Å². The Morgan fingerprint density at radius 2 is 2.05 bits per heavy atom. The fraction of sp³-hybridized carbons (Fsp3) is 0.400. The molecule has 2 heterocycles. The van der Waals surface area contributed by atoms with Crippen molar-refractivity contribution in [2.45, 2.75) is 24.9 Å². The zero-order chi connectivity index (χ0) is 14.7. The number of hydrogen-bond acceptors (Lipinski definition) is 4. The molecular formula is C15H20ClN5O. The summed E-state index contributed by atoms with van der Waals surface area (Å²) in [5.41, 5.74) is 7.41. The van der Waals surface area contributed by atoms with Crippen LogP contribution in [0.4, 0.5) is 0 Å². The summed E-state index contributed by atoms with van der Waals surface area (Å²) < 4.78 is 1.67. The summed E-state index contributed by atoms with van der Waals surface area (Å²) in [7, 11) is 0. The van der Waals surface area contributed by atoms with Gasteiger partial charge in [-0.1, -0.05) is 35.5 Å². The Kier molecular flexibility index (Phi) is 5.51. The lowest BCUT2D eigenvalue weighted by Crippen LogP contribution is -2.32. The Labute approximate surface area is 135 Å². The fourth-order valence-corrected chi connectivity index (χ4v) is 2.81. The van der Waals surface area contributed by atoms with Gasteiger partial charge in [0.2, 0.25) is 5.91 Å². The molecule has 3 rings (SSSR count). The van der Waals surface area contributed by atoms with Gasteiger partial charge in [-0.2, -0.15) is 0 Å². The Hall–Kier alpha value is -1.92. The van der Waals surface area contributed by atoms with E-state index in [0.717, 1.165) is 0 Å². The number of nitrogens with zero attached hydrogens (tertiary/aromatic N) is 4. The molecule has 1 aliphatic rings. The van der Waals surface area contributed by atoms with Crippen LogP contribution < -0.4 is 5.73 Å². The first kappa shape index (κ1) is 16.5. The van der Waals surface area contributed by atoms with Crippen molar-refractivity contribution in [3.8, 4) is 0 Å². The number of amides is 1.